The SMILES string of the molecule is CCN(CC)CCNC(=O)[C@@H](N)C(C)(C)C. The van der Waals surface area contributed by atoms with Crippen molar-refractivity contribution in [1.29, 1.82) is 0 Å². The Bertz CT molecular complexity index is 207. The normalized spacial score (nSPS) is 13.9. The highest BCUT2D eigenvalue weighted by Crippen LogP contribution is 2.16. The molecule has 0 aliphatic heterocycles. The number of carbonyl (C=O) groups is 1. The van der Waals surface area contributed by atoms with E-state index in [1.807, 2.05) is 20.8 Å². The van der Waals surface area contributed by atoms with Crippen molar-refractivity contribution in [3.8, 4) is 0 Å². The topological polar surface area (TPSA) is 58.4 Å². The highest BCUT2D eigenvalue weighted by Gasteiger charge is 2.26. The van der Waals surface area contributed by atoms with Crippen molar-refractivity contribution in [2.24, 2.45) is 11.1 Å². The molecule has 4 heteroatoms. The monoisotopic (exact) mass is 229 g/mol. The van der Waals surface area contributed by atoms with E-state index in [4.69, 9.17) is 5.73 Å². The lowest BCUT2D eigenvalue weighted by atomic mass is 9.87. The summed E-state index contributed by atoms with van der Waals surface area (Å²) >= 11 is 0. The first-order valence-corrected chi connectivity index (χ1v) is 6.08. The van der Waals surface area contributed by atoms with Gasteiger partial charge in [-0.1, -0.05) is 34.6 Å². The van der Waals surface area contributed by atoms with Crippen LogP contribution in [-0.4, -0.2) is 43.0 Å². The van der Waals surface area contributed by atoms with Crippen LogP contribution in [0.5, 0.6) is 0 Å². The van der Waals surface area contributed by atoms with Crippen LogP contribution in [0.15, 0.2) is 0 Å². The zero-order valence-electron chi connectivity index (χ0n) is 11.3. The Labute approximate surface area is 99.6 Å². The van der Waals surface area contributed by atoms with Crippen LogP contribution >= 0.6 is 0 Å². The molecule has 1 amide bonds. The molecule has 0 spiro atoms. The minimum atomic E-state index is -0.441. The second-order valence-electron chi connectivity index (χ2n) is 5.16. The molecular weight excluding hydrogens is 202 g/mol. The molecule has 4 nitrogen and oxygen atoms in total. The number of carbonyl (C=O) groups excluding carboxylic acids is 1. The summed E-state index contributed by atoms with van der Waals surface area (Å²) in [6.07, 6.45) is 0. The van der Waals surface area contributed by atoms with Crippen molar-refractivity contribution in [2.75, 3.05) is 26.2 Å². The number of likely N-dealkylation sites (N-methyl/N-ethyl adjacent to an activating group) is 1. The molecule has 0 aliphatic carbocycles. The zero-order valence-corrected chi connectivity index (χ0v) is 11.3. The van der Waals surface area contributed by atoms with Gasteiger partial charge in [-0.3, -0.25) is 4.79 Å². The van der Waals surface area contributed by atoms with Gasteiger partial charge in [0.25, 0.3) is 0 Å². The van der Waals surface area contributed by atoms with Gasteiger partial charge in [0.05, 0.1) is 6.04 Å². The molecule has 0 unspecified atom stereocenters. The Hall–Kier alpha value is -0.610. The molecule has 0 saturated carbocycles. The second kappa shape index (κ2) is 6.86. The van der Waals surface area contributed by atoms with Gasteiger partial charge in [-0.05, 0) is 18.5 Å². The summed E-state index contributed by atoms with van der Waals surface area (Å²) in [5.74, 6) is -0.0559. The summed E-state index contributed by atoms with van der Waals surface area (Å²) in [6, 6.07) is -0.441. The van der Waals surface area contributed by atoms with Gasteiger partial charge in [-0.25, -0.2) is 0 Å². The van der Waals surface area contributed by atoms with Crippen molar-refractivity contribution in [3.63, 3.8) is 0 Å². The molecule has 0 rings (SSSR count). The number of nitrogens with zero attached hydrogens (tertiary/aromatic N) is 1. The quantitative estimate of drug-likeness (QED) is 0.709. The van der Waals surface area contributed by atoms with Gasteiger partial charge in [0.15, 0.2) is 0 Å². The standard InChI is InChI=1S/C12H27N3O/c1-6-15(7-2)9-8-14-11(16)10(13)12(3,4)5/h10H,6-9,13H2,1-5H3,(H,14,16)/t10-/m1/s1. The van der Waals surface area contributed by atoms with E-state index in [2.05, 4.69) is 24.1 Å². The van der Waals surface area contributed by atoms with Gasteiger partial charge < -0.3 is 16.0 Å². The van der Waals surface area contributed by atoms with Gasteiger partial charge in [-0.2, -0.15) is 0 Å². The molecule has 0 aromatic heterocycles. The molecule has 0 bridgehead atoms. The van der Waals surface area contributed by atoms with E-state index in [9.17, 15) is 4.79 Å². The Kier molecular flexibility index (Phi) is 6.60. The molecule has 0 radical (unpaired) electrons. The minimum absolute atomic E-state index is 0.0559. The van der Waals surface area contributed by atoms with E-state index in [-0.39, 0.29) is 11.3 Å². The van der Waals surface area contributed by atoms with Gasteiger partial charge >= 0.3 is 0 Å². The van der Waals surface area contributed by atoms with Crippen LogP contribution in [0, 0.1) is 5.41 Å². The van der Waals surface area contributed by atoms with E-state index in [0.29, 0.717) is 6.54 Å². The molecular formula is C12H27N3O. The Morgan fingerprint density at radius 2 is 1.81 bits per heavy atom. The van der Waals surface area contributed by atoms with Crippen LogP contribution in [-0.2, 0) is 4.79 Å². The number of amides is 1. The van der Waals surface area contributed by atoms with Crippen LogP contribution in [0.1, 0.15) is 34.6 Å². The average Bonchev–Trinajstić information content (AvgIpc) is 2.21. The van der Waals surface area contributed by atoms with Gasteiger partial charge in [0.1, 0.15) is 0 Å². The Morgan fingerprint density at radius 3 is 2.19 bits per heavy atom. The molecule has 0 saturated heterocycles. The van der Waals surface area contributed by atoms with Crippen molar-refractivity contribution in [3.05, 3.63) is 0 Å². The third-order valence-electron chi connectivity index (χ3n) is 2.84. The third-order valence-corrected chi connectivity index (χ3v) is 2.84. The maximum atomic E-state index is 11.7. The van der Waals surface area contributed by atoms with E-state index in [0.717, 1.165) is 19.6 Å². The highest BCUT2D eigenvalue weighted by atomic mass is 16.2. The molecule has 0 aromatic rings. The molecule has 0 aromatic carbocycles. The fourth-order valence-corrected chi connectivity index (χ4v) is 1.38. The fourth-order valence-electron chi connectivity index (χ4n) is 1.38. The summed E-state index contributed by atoms with van der Waals surface area (Å²) in [4.78, 5) is 14.0. The summed E-state index contributed by atoms with van der Waals surface area (Å²) in [5, 5.41) is 2.88. The van der Waals surface area contributed by atoms with Crippen LogP contribution in [0.2, 0.25) is 0 Å². The lowest BCUT2D eigenvalue weighted by Gasteiger charge is -2.26. The lowest BCUT2D eigenvalue weighted by molar-refractivity contribution is -0.124. The first-order valence-electron chi connectivity index (χ1n) is 6.08. The fraction of sp³-hybridized carbons (Fsp3) is 0.917. The predicted octanol–water partition coefficient (Wildman–Crippen LogP) is 0.818. The van der Waals surface area contributed by atoms with Gasteiger partial charge in [0.2, 0.25) is 5.91 Å². The Morgan fingerprint density at radius 1 is 1.31 bits per heavy atom. The summed E-state index contributed by atoms with van der Waals surface area (Å²) in [6.45, 7) is 13.7. The van der Waals surface area contributed by atoms with Crippen LogP contribution in [0.3, 0.4) is 0 Å². The van der Waals surface area contributed by atoms with Crippen molar-refractivity contribution >= 4 is 5.91 Å². The average molecular weight is 229 g/mol. The zero-order chi connectivity index (χ0) is 12.8. The number of nitrogens with two attached hydrogens (primary N) is 1. The predicted molar refractivity (Wildman–Crippen MR) is 68.2 cm³/mol. The third kappa shape index (κ3) is 5.47. The molecule has 1 atom stereocenters. The summed E-state index contributed by atoms with van der Waals surface area (Å²) in [5.41, 5.74) is 5.67. The lowest BCUT2D eigenvalue weighted by Crippen LogP contribution is -2.49. The smallest absolute Gasteiger partial charge is 0.237 e. The highest BCUT2D eigenvalue weighted by molar-refractivity contribution is 5.82. The number of nitrogens with one attached hydrogen (secondary N) is 1. The molecule has 16 heavy (non-hydrogen) atoms. The molecule has 0 fully saturated rings. The number of hydrogen-bond donors (Lipinski definition) is 2. The second-order valence-corrected chi connectivity index (χ2v) is 5.16. The van der Waals surface area contributed by atoms with Gasteiger partial charge in [-0.15, -0.1) is 0 Å². The first-order chi connectivity index (χ1) is 7.32. The Balaban J connectivity index is 3.90. The molecule has 0 aliphatic rings. The number of rotatable bonds is 6. The maximum Gasteiger partial charge on any atom is 0.237 e. The van der Waals surface area contributed by atoms with E-state index in [1.165, 1.54) is 0 Å². The van der Waals surface area contributed by atoms with E-state index >= 15 is 0 Å². The molecule has 96 valence electrons. The van der Waals surface area contributed by atoms with Crippen LogP contribution in [0.4, 0.5) is 0 Å². The van der Waals surface area contributed by atoms with E-state index < -0.39 is 6.04 Å². The van der Waals surface area contributed by atoms with Crippen molar-refractivity contribution < 1.29 is 4.79 Å². The minimum Gasteiger partial charge on any atom is -0.353 e. The van der Waals surface area contributed by atoms with Crippen LogP contribution < -0.4 is 11.1 Å². The molecule has 0 heterocycles. The van der Waals surface area contributed by atoms with Crippen LogP contribution in [0.25, 0.3) is 0 Å². The first kappa shape index (κ1) is 15.4. The number of hydrogen-bond acceptors (Lipinski definition) is 3. The maximum absolute atomic E-state index is 11.7. The van der Waals surface area contributed by atoms with Gasteiger partial charge in [0, 0.05) is 13.1 Å². The summed E-state index contributed by atoms with van der Waals surface area (Å²) < 4.78 is 0. The van der Waals surface area contributed by atoms with Crippen molar-refractivity contribution in [1.82, 2.24) is 10.2 Å². The van der Waals surface area contributed by atoms with Crippen molar-refractivity contribution in [2.45, 2.75) is 40.7 Å². The summed E-state index contributed by atoms with van der Waals surface area (Å²) in [7, 11) is 0. The van der Waals surface area contributed by atoms with E-state index in [1.54, 1.807) is 0 Å². The molecule has 3 N–H and O–H groups in total. The largest absolute Gasteiger partial charge is 0.353 e.